The van der Waals surface area contributed by atoms with Gasteiger partial charge >= 0.3 is 5.97 Å². The van der Waals surface area contributed by atoms with Crippen molar-refractivity contribution in [3.63, 3.8) is 0 Å². The van der Waals surface area contributed by atoms with Crippen LogP contribution >= 0.6 is 11.6 Å². The highest BCUT2D eigenvalue weighted by molar-refractivity contribution is 6.30. The van der Waals surface area contributed by atoms with Gasteiger partial charge in [-0.15, -0.1) is 5.10 Å². The summed E-state index contributed by atoms with van der Waals surface area (Å²) >= 11 is 5.97. The van der Waals surface area contributed by atoms with Crippen molar-refractivity contribution >= 4 is 34.9 Å². The van der Waals surface area contributed by atoms with Gasteiger partial charge in [0.05, 0.1) is 12.5 Å². The molecule has 0 atom stereocenters. The Bertz CT molecular complexity index is 1070. The summed E-state index contributed by atoms with van der Waals surface area (Å²) in [7, 11) is 0. The first-order valence-corrected chi connectivity index (χ1v) is 8.66. The summed E-state index contributed by atoms with van der Waals surface area (Å²) in [5.41, 5.74) is 1.26. The number of rotatable bonds is 6. The van der Waals surface area contributed by atoms with Gasteiger partial charge in [0.25, 0.3) is 17.5 Å². The quantitative estimate of drug-likeness (QED) is 0.584. The van der Waals surface area contributed by atoms with E-state index >= 15 is 0 Å². The number of nitrogens with zero attached hydrogens (tertiary/aromatic N) is 6. The Hall–Kier alpha value is -3.51. The minimum absolute atomic E-state index is 0.116. The third-order valence-corrected chi connectivity index (χ3v) is 4.04. The van der Waals surface area contributed by atoms with Crippen molar-refractivity contribution in [2.75, 3.05) is 18.1 Å². The average molecular weight is 399 g/mol. The standard InChI is InChI=1S/C18H15ClN6O3/c1-12-6-8-21-18-22-16(23-25(12)18)17(27)28-11-15(26)24(9-3-7-20)14-5-2-4-13(19)10-14/h2,4-6,8,10H,3,9,11H2,1H3. The van der Waals surface area contributed by atoms with E-state index in [4.69, 9.17) is 21.6 Å². The first kappa shape index (κ1) is 19.3. The monoisotopic (exact) mass is 398 g/mol. The molecule has 0 aliphatic heterocycles. The molecule has 142 valence electrons. The second kappa shape index (κ2) is 8.45. The van der Waals surface area contributed by atoms with Crippen LogP contribution in [-0.4, -0.2) is 44.6 Å². The summed E-state index contributed by atoms with van der Waals surface area (Å²) in [6.45, 7) is 1.40. The smallest absolute Gasteiger partial charge is 0.378 e. The molecule has 0 bridgehead atoms. The number of anilines is 1. The van der Waals surface area contributed by atoms with Crippen LogP contribution in [0.3, 0.4) is 0 Å². The molecular formula is C18H15ClN6O3. The molecule has 2 aromatic heterocycles. The molecule has 3 rings (SSSR count). The Balaban J connectivity index is 1.71. The third kappa shape index (κ3) is 4.24. The number of nitriles is 1. The molecule has 3 aromatic rings. The van der Waals surface area contributed by atoms with Gasteiger partial charge in [0, 0.05) is 29.1 Å². The number of esters is 1. The van der Waals surface area contributed by atoms with E-state index in [2.05, 4.69) is 15.1 Å². The minimum Gasteiger partial charge on any atom is -0.450 e. The van der Waals surface area contributed by atoms with Crippen LogP contribution in [0.5, 0.6) is 0 Å². The fourth-order valence-electron chi connectivity index (χ4n) is 2.47. The molecule has 0 saturated heterocycles. The van der Waals surface area contributed by atoms with Gasteiger partial charge in [-0.25, -0.2) is 14.3 Å². The van der Waals surface area contributed by atoms with Crippen molar-refractivity contribution in [2.24, 2.45) is 0 Å². The van der Waals surface area contributed by atoms with E-state index in [1.807, 2.05) is 6.07 Å². The predicted molar refractivity (Wildman–Crippen MR) is 99.8 cm³/mol. The molecule has 1 amide bonds. The lowest BCUT2D eigenvalue weighted by Gasteiger charge is -2.21. The van der Waals surface area contributed by atoms with E-state index in [1.54, 1.807) is 43.5 Å². The van der Waals surface area contributed by atoms with Crippen LogP contribution in [0.2, 0.25) is 5.02 Å². The summed E-state index contributed by atoms with van der Waals surface area (Å²) < 4.78 is 6.47. The highest BCUT2D eigenvalue weighted by Crippen LogP contribution is 2.20. The van der Waals surface area contributed by atoms with Crippen LogP contribution < -0.4 is 4.90 Å². The van der Waals surface area contributed by atoms with Crippen LogP contribution in [0, 0.1) is 18.3 Å². The molecular weight excluding hydrogens is 384 g/mol. The first-order chi connectivity index (χ1) is 13.5. The fourth-order valence-corrected chi connectivity index (χ4v) is 2.65. The number of hydrogen-bond acceptors (Lipinski definition) is 7. The molecule has 0 spiro atoms. The molecule has 0 fully saturated rings. The molecule has 0 saturated carbocycles. The number of halogens is 1. The lowest BCUT2D eigenvalue weighted by Crippen LogP contribution is -2.35. The summed E-state index contributed by atoms with van der Waals surface area (Å²) in [6.07, 6.45) is 1.67. The van der Waals surface area contributed by atoms with E-state index in [-0.39, 0.29) is 24.6 Å². The maximum absolute atomic E-state index is 12.6. The molecule has 1 aromatic carbocycles. The molecule has 0 N–H and O–H groups in total. The van der Waals surface area contributed by atoms with Gasteiger partial charge in [0.15, 0.2) is 6.61 Å². The first-order valence-electron chi connectivity index (χ1n) is 8.28. The van der Waals surface area contributed by atoms with Crippen molar-refractivity contribution in [1.82, 2.24) is 19.6 Å². The molecule has 0 aliphatic carbocycles. The molecule has 0 radical (unpaired) electrons. The molecule has 2 heterocycles. The summed E-state index contributed by atoms with van der Waals surface area (Å²) in [5.74, 6) is -1.28. The zero-order valence-electron chi connectivity index (χ0n) is 14.9. The number of fused-ring (bicyclic) bond motifs is 1. The van der Waals surface area contributed by atoms with Crippen LogP contribution in [0.25, 0.3) is 5.78 Å². The van der Waals surface area contributed by atoms with Gasteiger partial charge < -0.3 is 9.64 Å². The van der Waals surface area contributed by atoms with Gasteiger partial charge in [-0.05, 0) is 31.2 Å². The van der Waals surface area contributed by atoms with Crippen molar-refractivity contribution in [3.05, 3.63) is 53.1 Å². The van der Waals surface area contributed by atoms with Crippen LogP contribution in [0.4, 0.5) is 5.69 Å². The number of benzene rings is 1. The normalized spacial score (nSPS) is 10.5. The Morgan fingerprint density at radius 2 is 2.18 bits per heavy atom. The highest BCUT2D eigenvalue weighted by atomic mass is 35.5. The van der Waals surface area contributed by atoms with E-state index in [0.29, 0.717) is 10.7 Å². The number of hydrogen-bond donors (Lipinski definition) is 0. The Kier molecular flexibility index (Phi) is 5.81. The van der Waals surface area contributed by atoms with Gasteiger partial charge in [0.1, 0.15) is 0 Å². The SMILES string of the molecule is Cc1ccnc2nc(C(=O)OCC(=O)N(CCC#N)c3cccc(Cl)c3)nn12. The largest absolute Gasteiger partial charge is 0.450 e. The summed E-state index contributed by atoms with van der Waals surface area (Å²) in [4.78, 5) is 34.1. The van der Waals surface area contributed by atoms with Crippen molar-refractivity contribution < 1.29 is 14.3 Å². The summed E-state index contributed by atoms with van der Waals surface area (Å²) in [6, 6.07) is 10.3. The zero-order chi connectivity index (χ0) is 20.1. The number of carbonyl (C=O) groups excluding carboxylic acids is 2. The number of amides is 1. The highest BCUT2D eigenvalue weighted by Gasteiger charge is 2.21. The second-order valence-corrected chi connectivity index (χ2v) is 6.18. The second-order valence-electron chi connectivity index (χ2n) is 5.74. The van der Waals surface area contributed by atoms with E-state index in [0.717, 1.165) is 5.69 Å². The lowest BCUT2D eigenvalue weighted by atomic mass is 10.2. The Labute approximate surface area is 165 Å². The van der Waals surface area contributed by atoms with E-state index < -0.39 is 18.5 Å². The number of carbonyl (C=O) groups is 2. The molecule has 0 aliphatic rings. The molecule has 28 heavy (non-hydrogen) atoms. The Morgan fingerprint density at radius 3 is 2.89 bits per heavy atom. The number of aromatic nitrogens is 4. The van der Waals surface area contributed by atoms with Gasteiger partial charge in [0.2, 0.25) is 0 Å². The topological polar surface area (TPSA) is 113 Å². The molecule has 10 heteroatoms. The zero-order valence-corrected chi connectivity index (χ0v) is 15.6. The third-order valence-electron chi connectivity index (χ3n) is 3.81. The average Bonchev–Trinajstić information content (AvgIpc) is 3.12. The fraction of sp³-hybridized carbons (Fsp3) is 0.222. The van der Waals surface area contributed by atoms with Gasteiger partial charge in [-0.3, -0.25) is 4.79 Å². The van der Waals surface area contributed by atoms with Crippen molar-refractivity contribution in [1.29, 1.82) is 5.26 Å². The van der Waals surface area contributed by atoms with Crippen LogP contribution in [0.1, 0.15) is 22.7 Å². The predicted octanol–water partition coefficient (Wildman–Crippen LogP) is 2.19. The lowest BCUT2D eigenvalue weighted by molar-refractivity contribution is -0.121. The molecule has 0 unspecified atom stereocenters. The van der Waals surface area contributed by atoms with Gasteiger partial charge in [-0.1, -0.05) is 17.7 Å². The van der Waals surface area contributed by atoms with Crippen LogP contribution in [-0.2, 0) is 9.53 Å². The molecule has 9 nitrogen and oxygen atoms in total. The maximum Gasteiger partial charge on any atom is 0.378 e. The summed E-state index contributed by atoms with van der Waals surface area (Å²) in [5, 5.41) is 13.3. The maximum atomic E-state index is 12.6. The van der Waals surface area contributed by atoms with E-state index in [1.165, 1.54) is 9.42 Å². The minimum atomic E-state index is -0.843. The number of ether oxygens (including phenoxy) is 1. The van der Waals surface area contributed by atoms with E-state index in [9.17, 15) is 9.59 Å². The van der Waals surface area contributed by atoms with Crippen molar-refractivity contribution in [3.8, 4) is 6.07 Å². The van der Waals surface area contributed by atoms with Gasteiger partial charge in [-0.2, -0.15) is 10.2 Å². The Morgan fingerprint density at radius 1 is 1.36 bits per heavy atom. The number of aryl methyl sites for hydroxylation is 1. The van der Waals surface area contributed by atoms with Crippen LogP contribution in [0.15, 0.2) is 36.5 Å². The van der Waals surface area contributed by atoms with Crippen molar-refractivity contribution in [2.45, 2.75) is 13.3 Å².